The van der Waals surface area contributed by atoms with Crippen LogP contribution in [0.25, 0.3) is 0 Å². The molecule has 2 unspecified atom stereocenters. The molecule has 14 atom stereocenters. The third-order valence-electron chi connectivity index (χ3n) is 30.3. The maximum Gasteiger partial charge on any atom is 0.228 e. The largest absolute Gasteiger partial charge is 0.493 e. The number of fused-ring (bicyclic) bond motifs is 10. The first-order valence-corrected chi connectivity index (χ1v) is 45.2. The number of thioether (sulfide) groups is 1. The molecule has 5 spiro atoms. The summed E-state index contributed by atoms with van der Waals surface area (Å²) in [4.78, 5) is 121. The molecule has 8 aromatic carbocycles. The van der Waals surface area contributed by atoms with Gasteiger partial charge in [0.25, 0.3) is 0 Å². The lowest BCUT2D eigenvalue weighted by Gasteiger charge is -2.49. The van der Waals surface area contributed by atoms with Gasteiger partial charge in [0.2, 0.25) is 55.7 Å². The van der Waals surface area contributed by atoms with Gasteiger partial charge in [0.1, 0.15) is 29.4 Å². The first-order chi connectivity index (χ1) is 59.3. The molecule has 23 rings (SSSR count). The van der Waals surface area contributed by atoms with Crippen molar-refractivity contribution < 1.29 is 57.9 Å². The summed E-state index contributed by atoms with van der Waals surface area (Å²) in [5.41, 5.74) is 13.8. The minimum Gasteiger partial charge on any atom is -0.493 e. The molecule has 11 heterocycles. The molecule has 123 heavy (non-hydrogen) atoms. The maximum absolute atomic E-state index is 13.2. The number of benzene rings is 8. The molecule has 5 amide bonds. The van der Waals surface area contributed by atoms with Gasteiger partial charge in [0.15, 0.2) is 5.75 Å². The molecule has 4 aliphatic carbocycles. The second-order valence-electron chi connectivity index (χ2n) is 36.5. The predicted molar refractivity (Wildman–Crippen MR) is 461 cm³/mol. The number of carbonyl (C=O) groups excluding carboxylic acids is 5. The fourth-order valence-corrected chi connectivity index (χ4v) is 28.0. The quantitative estimate of drug-likeness (QED) is 0.101. The second kappa shape index (κ2) is 31.2. The van der Waals surface area contributed by atoms with E-state index in [2.05, 4.69) is 105 Å². The number of anilines is 2. The fourth-order valence-electron chi connectivity index (χ4n) is 25.6. The van der Waals surface area contributed by atoms with Gasteiger partial charge in [-0.2, -0.15) is 0 Å². The smallest absolute Gasteiger partial charge is 0.228 e. The summed E-state index contributed by atoms with van der Waals surface area (Å²) in [6, 6.07) is 55.7. The van der Waals surface area contributed by atoms with E-state index in [0.717, 1.165) is 144 Å². The summed E-state index contributed by atoms with van der Waals surface area (Å²) < 4.78 is 18.2. The number of hydrogen-bond acceptors (Lipinski definition) is 18. The van der Waals surface area contributed by atoms with Crippen LogP contribution in [0.4, 0.5) is 11.4 Å². The van der Waals surface area contributed by atoms with Crippen molar-refractivity contribution in [2.75, 3.05) is 74.6 Å². The van der Waals surface area contributed by atoms with Gasteiger partial charge >= 0.3 is 0 Å². The van der Waals surface area contributed by atoms with Gasteiger partial charge < -0.3 is 33.8 Å². The summed E-state index contributed by atoms with van der Waals surface area (Å²) in [6.45, 7) is 13.4. The van der Waals surface area contributed by atoms with Gasteiger partial charge in [-0.3, -0.25) is 69.3 Å². The Morgan fingerprint density at radius 1 is 0.390 bits per heavy atom. The minimum atomic E-state index is -0.562. The normalized spacial score (nSPS) is 29.5. The number of nitro groups is 4. The number of para-hydroxylation sites is 4. The Morgan fingerprint density at radius 2 is 0.829 bits per heavy atom. The number of rotatable bonds is 8. The first kappa shape index (κ1) is 81.5. The van der Waals surface area contributed by atoms with Crippen LogP contribution in [-0.2, 0) is 58.1 Å². The summed E-state index contributed by atoms with van der Waals surface area (Å²) in [7, 11) is 0. The van der Waals surface area contributed by atoms with Crippen molar-refractivity contribution in [3.05, 3.63) is 271 Å². The zero-order valence-corrected chi connectivity index (χ0v) is 71.3. The lowest BCUT2D eigenvalue weighted by Crippen LogP contribution is -2.54. The average molecular weight is 1700 g/mol. The topological polar surface area (TPSA) is 302 Å². The monoisotopic (exact) mass is 1700 g/mol. The molecule has 15 aliphatic rings. The van der Waals surface area contributed by atoms with Gasteiger partial charge in [0, 0.05) is 155 Å². The Kier molecular flexibility index (Phi) is 20.7. The molecule has 0 bridgehead atoms. The molecule has 5 saturated heterocycles. The van der Waals surface area contributed by atoms with Crippen LogP contribution < -0.4 is 24.0 Å². The molecule has 4 saturated carbocycles. The van der Waals surface area contributed by atoms with Crippen LogP contribution >= 0.6 is 23.5 Å². The van der Waals surface area contributed by atoms with E-state index in [1.54, 1.807) is 11.8 Å². The number of ether oxygens (including phenoxy) is 3. The highest BCUT2D eigenvalue weighted by Gasteiger charge is 2.68. The van der Waals surface area contributed by atoms with E-state index in [-0.39, 0.29) is 140 Å². The molecule has 0 N–H and O–H groups in total. The van der Waals surface area contributed by atoms with Crippen LogP contribution in [0, 0.1) is 128 Å². The Bertz CT molecular complexity index is 5480. The molecule has 0 aromatic heterocycles. The molecule has 25 nitrogen and oxygen atoms in total. The zero-order chi connectivity index (χ0) is 85.5. The van der Waals surface area contributed by atoms with E-state index < -0.39 is 16.6 Å². The minimum absolute atomic E-state index is 0.0104. The van der Waals surface area contributed by atoms with Gasteiger partial charge in [-0.05, 0) is 192 Å². The second-order valence-corrected chi connectivity index (χ2v) is 38.7. The standard InChI is InChI=1S/C21H20N2O4.C21H20N2O3S.C20H19NO2.C17H20N2O4.C17H20N2O3S/c2*1-13-6-7-15-19(10-13)27-18-5-3-2-4-17(18)23-20(24)11-16-14(12-22(25)26)8-9-21(15,16)23;1-13-6-7-16-14(10-13)8-9-21-19(22)11-15-12-23-18-5-3-2-4-17(18)20(15,16)21;2*1-11-2-3-13-15(8-11)23-7-6-18-16(20)9-14-12(10-19(21)22)4-5-17(13,14)18/h2*2-7,10,14,16H,8-9,11-12H2,1H3;2-7,10,15H,8-9,11-12H2,1H3;2*2-3,8,12,14H,4-7,9-10H2,1H3/t2*14-,16-,21-;15-,20+;12-,14?,17?;12-,14-,17-/m00000/s1. The first-order valence-electron chi connectivity index (χ1n) is 43.4. The number of aryl methyl sites for hydroxylation is 5. The molecule has 636 valence electrons. The molecule has 0 radical (unpaired) electrons. The van der Waals surface area contributed by atoms with Crippen molar-refractivity contribution in [3.8, 4) is 23.0 Å². The van der Waals surface area contributed by atoms with E-state index in [4.69, 9.17) is 14.2 Å². The highest BCUT2D eigenvalue weighted by atomic mass is 32.2. The molecular formula is C96H99N9O16S2. The molecular weight excluding hydrogens is 1600 g/mol. The van der Waals surface area contributed by atoms with E-state index in [9.17, 15) is 64.4 Å². The molecule has 8 aromatic rings. The van der Waals surface area contributed by atoms with Crippen molar-refractivity contribution >= 4 is 64.4 Å². The van der Waals surface area contributed by atoms with Crippen LogP contribution in [0.5, 0.6) is 23.0 Å². The third kappa shape index (κ3) is 13.1. The fraction of sp³-hybridized carbons (Fsp3) is 0.448. The van der Waals surface area contributed by atoms with E-state index in [1.165, 1.54) is 43.2 Å². The zero-order valence-electron chi connectivity index (χ0n) is 69.6. The van der Waals surface area contributed by atoms with Gasteiger partial charge in [-0.25, -0.2) is 0 Å². The van der Waals surface area contributed by atoms with Crippen LogP contribution in [0.15, 0.2) is 178 Å². The Balaban J connectivity index is 0.000000101. The lowest BCUT2D eigenvalue weighted by atomic mass is 9.68. The van der Waals surface area contributed by atoms with Crippen molar-refractivity contribution in [3.63, 3.8) is 0 Å². The highest BCUT2D eigenvalue weighted by Crippen LogP contribution is 2.67. The number of amides is 5. The summed E-state index contributed by atoms with van der Waals surface area (Å²) >= 11 is 3.52. The Hall–Kier alpha value is -11.2. The van der Waals surface area contributed by atoms with Crippen LogP contribution in [0.1, 0.15) is 150 Å². The van der Waals surface area contributed by atoms with Gasteiger partial charge in [-0.1, -0.05) is 127 Å². The van der Waals surface area contributed by atoms with Gasteiger partial charge in [-0.15, -0.1) is 11.8 Å². The Labute approximate surface area is 721 Å². The summed E-state index contributed by atoms with van der Waals surface area (Å²) in [5, 5.41) is 44.5. The molecule has 27 heteroatoms. The predicted octanol–water partition coefficient (Wildman–Crippen LogP) is 16.4. The van der Waals surface area contributed by atoms with E-state index >= 15 is 0 Å². The van der Waals surface area contributed by atoms with E-state index in [0.29, 0.717) is 57.6 Å². The number of carbonyl (C=O) groups is 5. The number of nitrogens with zero attached hydrogens (tertiary/aromatic N) is 9. The summed E-state index contributed by atoms with van der Waals surface area (Å²) in [6.07, 6.45) is 9.48. The molecule has 9 fully saturated rings. The van der Waals surface area contributed by atoms with Gasteiger partial charge in [0.05, 0.1) is 46.7 Å². The van der Waals surface area contributed by atoms with Crippen molar-refractivity contribution in [2.24, 2.45) is 53.3 Å². The summed E-state index contributed by atoms with van der Waals surface area (Å²) in [5.74, 6) is 4.78. The van der Waals surface area contributed by atoms with E-state index in [1.807, 2.05) is 130 Å². The number of hydrogen-bond donors (Lipinski definition) is 0. The van der Waals surface area contributed by atoms with Crippen molar-refractivity contribution in [2.45, 2.75) is 167 Å². The van der Waals surface area contributed by atoms with Crippen molar-refractivity contribution in [1.82, 2.24) is 14.7 Å². The average Bonchev–Trinajstić information content (AvgIpc) is 1.58. The lowest BCUT2D eigenvalue weighted by molar-refractivity contribution is -0.489. The van der Waals surface area contributed by atoms with Crippen LogP contribution in [-0.4, -0.2) is 129 Å². The molecule has 11 aliphatic heterocycles. The van der Waals surface area contributed by atoms with Crippen LogP contribution in [0.3, 0.4) is 0 Å². The third-order valence-corrected chi connectivity index (χ3v) is 32.4. The van der Waals surface area contributed by atoms with Crippen LogP contribution in [0.2, 0.25) is 0 Å². The SMILES string of the molecule is Cc1ccc2c(c1)CCN1C(=O)C[C@H]3COc4ccccc4[C@]231.Cc1ccc2c(c1)OCCN1C(=O)CC3[C@H](C[N+](=O)[O-])CCC231.Cc1ccc2c(c1)Oc1ccccc1N1C(=O)C[C@H]3[C@H](C[N+](=O)[O-])CC[C@]231.Cc1ccc2c(c1)SCCN1C(=O)C[C@H]3[C@H](C[N+](=O)[O-])CC[C@]231.Cc1ccc2c(c1)Sc1ccccc1N1C(=O)C[C@H]3[C@H](C[N+](=O)[O-])CC[C@]231. The maximum atomic E-state index is 13.2. The Morgan fingerprint density at radius 3 is 1.43 bits per heavy atom. The highest BCUT2D eigenvalue weighted by molar-refractivity contribution is 7.99. The van der Waals surface area contributed by atoms with Crippen molar-refractivity contribution in [1.29, 1.82) is 0 Å².